The summed E-state index contributed by atoms with van der Waals surface area (Å²) in [5.41, 5.74) is 0. The lowest BCUT2D eigenvalue weighted by molar-refractivity contribution is -0.161. The molecular formula is C75H146O17P2. The van der Waals surface area contributed by atoms with Crippen LogP contribution < -0.4 is 0 Å². The maximum absolute atomic E-state index is 13.1. The Balaban J connectivity index is 5.17. The van der Waals surface area contributed by atoms with Crippen molar-refractivity contribution < 1.29 is 80.2 Å². The minimum absolute atomic E-state index is 0.107. The normalized spacial score (nSPS) is 14.0. The number of esters is 4. The molecule has 5 atom stereocenters. The van der Waals surface area contributed by atoms with Gasteiger partial charge in [-0.25, -0.2) is 9.13 Å². The summed E-state index contributed by atoms with van der Waals surface area (Å²) in [6.07, 6.45) is 57.0. The number of aliphatic hydroxyl groups excluding tert-OH is 1. The molecule has 0 aliphatic rings. The van der Waals surface area contributed by atoms with Crippen LogP contribution in [0.25, 0.3) is 0 Å². The van der Waals surface area contributed by atoms with Gasteiger partial charge in [0.2, 0.25) is 0 Å². The predicted molar refractivity (Wildman–Crippen MR) is 382 cm³/mol. The first-order valence-corrected chi connectivity index (χ1v) is 42.1. The molecule has 94 heavy (non-hydrogen) atoms. The lowest BCUT2D eigenvalue weighted by atomic mass is 10.0. The van der Waals surface area contributed by atoms with E-state index in [0.717, 1.165) is 102 Å². The zero-order valence-electron chi connectivity index (χ0n) is 61.1. The van der Waals surface area contributed by atoms with Gasteiger partial charge in [0.1, 0.15) is 19.3 Å². The monoisotopic (exact) mass is 1380 g/mol. The lowest BCUT2D eigenvalue weighted by Gasteiger charge is -2.21. The second-order valence-electron chi connectivity index (χ2n) is 27.5. The quantitative estimate of drug-likeness (QED) is 0.0222. The molecular weight excluding hydrogens is 1230 g/mol. The van der Waals surface area contributed by atoms with Crippen LogP contribution in [0.3, 0.4) is 0 Å². The summed E-state index contributed by atoms with van der Waals surface area (Å²) >= 11 is 0. The number of phosphoric acid groups is 2. The summed E-state index contributed by atoms with van der Waals surface area (Å²) in [6.45, 7) is 7.25. The molecule has 19 heteroatoms. The molecule has 0 heterocycles. The highest BCUT2D eigenvalue weighted by Gasteiger charge is 2.30. The zero-order chi connectivity index (χ0) is 69.1. The number of unbranched alkanes of at least 4 members (excludes halogenated alkanes) is 47. The first-order chi connectivity index (χ1) is 45.5. The van der Waals surface area contributed by atoms with E-state index in [4.69, 9.17) is 37.0 Å². The molecule has 0 saturated carbocycles. The third-order valence-electron chi connectivity index (χ3n) is 17.5. The zero-order valence-corrected chi connectivity index (χ0v) is 62.9. The smallest absolute Gasteiger partial charge is 0.462 e. The van der Waals surface area contributed by atoms with E-state index in [1.807, 2.05) is 0 Å². The first-order valence-electron chi connectivity index (χ1n) is 39.1. The van der Waals surface area contributed by atoms with Crippen LogP contribution in [0, 0.1) is 5.92 Å². The van der Waals surface area contributed by atoms with Crippen LogP contribution in [0.15, 0.2) is 0 Å². The van der Waals surface area contributed by atoms with Crippen LogP contribution in [0.1, 0.15) is 394 Å². The van der Waals surface area contributed by atoms with Crippen molar-refractivity contribution in [3.8, 4) is 0 Å². The van der Waals surface area contributed by atoms with Crippen LogP contribution in [-0.4, -0.2) is 96.7 Å². The highest BCUT2D eigenvalue weighted by atomic mass is 31.2. The van der Waals surface area contributed by atoms with Gasteiger partial charge in [0, 0.05) is 25.7 Å². The number of carbonyl (C=O) groups is 4. The van der Waals surface area contributed by atoms with Gasteiger partial charge in [-0.3, -0.25) is 37.3 Å². The second-order valence-corrected chi connectivity index (χ2v) is 30.4. The number of hydrogen-bond acceptors (Lipinski definition) is 15. The van der Waals surface area contributed by atoms with Gasteiger partial charge in [-0.05, 0) is 31.6 Å². The number of carbonyl (C=O) groups excluding carboxylic acids is 4. The SMILES string of the molecule is CCCCCCCCCCCCCCCCCCCCCCCC(=O)O[C@H](COC(=O)CCCCCCCCCCCCC(C)C)COP(=O)(O)OC[C@@H](O)COP(=O)(O)OC[C@@H](COC(=O)CCCCCCCCCC)OC(=O)CCCCCCCCCCCCCC. The van der Waals surface area contributed by atoms with Gasteiger partial charge in [-0.2, -0.15) is 0 Å². The van der Waals surface area contributed by atoms with Gasteiger partial charge in [-0.1, -0.05) is 343 Å². The molecule has 3 N–H and O–H groups in total. The molecule has 0 spiro atoms. The van der Waals surface area contributed by atoms with Crippen molar-refractivity contribution in [1.29, 1.82) is 0 Å². The van der Waals surface area contributed by atoms with E-state index < -0.39 is 97.5 Å². The Morgan fingerprint density at radius 3 is 0.723 bits per heavy atom. The van der Waals surface area contributed by atoms with Crippen LogP contribution >= 0.6 is 15.6 Å². The van der Waals surface area contributed by atoms with E-state index in [9.17, 15) is 43.2 Å². The summed E-state index contributed by atoms with van der Waals surface area (Å²) in [5, 5.41) is 10.6. The molecule has 0 bridgehead atoms. The molecule has 0 aliphatic heterocycles. The van der Waals surface area contributed by atoms with Gasteiger partial charge in [0.05, 0.1) is 26.4 Å². The van der Waals surface area contributed by atoms with Crippen LogP contribution in [0.2, 0.25) is 0 Å². The van der Waals surface area contributed by atoms with Gasteiger partial charge < -0.3 is 33.8 Å². The largest absolute Gasteiger partial charge is 0.472 e. The number of aliphatic hydroxyl groups is 1. The van der Waals surface area contributed by atoms with Crippen molar-refractivity contribution in [2.24, 2.45) is 5.92 Å². The highest BCUT2D eigenvalue weighted by Crippen LogP contribution is 2.45. The Hall–Kier alpha value is -1.94. The average molecular weight is 1380 g/mol. The fourth-order valence-electron chi connectivity index (χ4n) is 11.5. The highest BCUT2D eigenvalue weighted by molar-refractivity contribution is 7.47. The molecule has 0 aromatic carbocycles. The lowest BCUT2D eigenvalue weighted by Crippen LogP contribution is -2.30. The van der Waals surface area contributed by atoms with E-state index >= 15 is 0 Å². The summed E-state index contributed by atoms with van der Waals surface area (Å²) in [5.74, 6) is -1.36. The van der Waals surface area contributed by atoms with Crippen molar-refractivity contribution in [2.75, 3.05) is 39.6 Å². The van der Waals surface area contributed by atoms with E-state index in [0.29, 0.717) is 25.7 Å². The molecule has 558 valence electrons. The molecule has 0 radical (unpaired) electrons. The molecule has 0 aromatic heterocycles. The summed E-state index contributed by atoms with van der Waals surface area (Å²) in [4.78, 5) is 72.6. The Bertz CT molecular complexity index is 1810. The van der Waals surface area contributed by atoms with Crippen molar-refractivity contribution in [1.82, 2.24) is 0 Å². The molecule has 0 fully saturated rings. The fourth-order valence-corrected chi connectivity index (χ4v) is 13.1. The molecule has 2 unspecified atom stereocenters. The standard InChI is InChI=1S/C75H146O17P2/c1-6-9-12-15-18-21-23-25-26-27-28-29-30-31-32-33-35-41-46-51-56-61-75(80)92-71(65-86-73(78)59-54-49-44-39-37-36-38-42-47-52-57-68(4)5)67-90-94(83,84)88-63-69(76)62-87-93(81,82)89-66-70(64-85-72(77)58-53-48-43-20-17-14-11-8-3)91-74(79)60-55-50-45-40-34-24-22-19-16-13-10-7-2/h68-71,76H,6-67H2,1-5H3,(H,81,82)(H,83,84)/t69-,70+,71+/m0/s1. The number of phosphoric ester groups is 2. The van der Waals surface area contributed by atoms with Crippen molar-refractivity contribution in [3.05, 3.63) is 0 Å². The topological polar surface area (TPSA) is 237 Å². The molecule has 0 aliphatic carbocycles. The first kappa shape index (κ1) is 92.1. The van der Waals surface area contributed by atoms with Crippen molar-refractivity contribution >= 4 is 39.5 Å². The average Bonchev–Trinajstić information content (AvgIpc) is 1.71. The third-order valence-corrected chi connectivity index (χ3v) is 19.4. The molecule has 0 aromatic rings. The Morgan fingerprint density at radius 2 is 0.489 bits per heavy atom. The van der Waals surface area contributed by atoms with Crippen molar-refractivity contribution in [2.45, 2.75) is 412 Å². The maximum atomic E-state index is 13.1. The van der Waals surface area contributed by atoms with E-state index in [-0.39, 0.29) is 25.7 Å². The van der Waals surface area contributed by atoms with Crippen molar-refractivity contribution in [3.63, 3.8) is 0 Å². The molecule has 17 nitrogen and oxygen atoms in total. The fraction of sp³-hybridized carbons (Fsp3) is 0.947. The van der Waals surface area contributed by atoms with Crippen LogP contribution in [0.4, 0.5) is 0 Å². The van der Waals surface area contributed by atoms with Gasteiger partial charge in [0.25, 0.3) is 0 Å². The Kier molecular flexibility index (Phi) is 66.8. The minimum atomic E-state index is -4.95. The van der Waals surface area contributed by atoms with E-state index in [2.05, 4.69) is 34.6 Å². The Morgan fingerprint density at radius 1 is 0.287 bits per heavy atom. The van der Waals surface area contributed by atoms with Crippen LogP contribution in [-0.2, 0) is 65.4 Å². The summed E-state index contributed by atoms with van der Waals surface area (Å²) in [6, 6.07) is 0. The Labute approximate surface area is 575 Å². The number of ether oxygens (including phenoxy) is 4. The number of rotatable bonds is 75. The van der Waals surface area contributed by atoms with E-state index in [1.54, 1.807) is 0 Å². The maximum Gasteiger partial charge on any atom is 0.472 e. The molecule has 0 amide bonds. The molecule has 0 saturated heterocycles. The van der Waals surface area contributed by atoms with E-state index in [1.165, 1.54) is 212 Å². The third kappa shape index (κ3) is 68.6. The van der Waals surface area contributed by atoms with Gasteiger partial charge in [0.15, 0.2) is 12.2 Å². The molecule has 0 rings (SSSR count). The van der Waals surface area contributed by atoms with Gasteiger partial charge in [-0.15, -0.1) is 0 Å². The summed E-state index contributed by atoms with van der Waals surface area (Å²) in [7, 11) is -9.90. The van der Waals surface area contributed by atoms with Crippen LogP contribution in [0.5, 0.6) is 0 Å². The minimum Gasteiger partial charge on any atom is -0.462 e. The second kappa shape index (κ2) is 68.2. The van der Waals surface area contributed by atoms with Gasteiger partial charge >= 0.3 is 39.5 Å². The number of hydrogen-bond donors (Lipinski definition) is 3. The predicted octanol–water partition coefficient (Wildman–Crippen LogP) is 22.1. The summed E-state index contributed by atoms with van der Waals surface area (Å²) < 4.78 is 68.4.